The van der Waals surface area contributed by atoms with Crippen molar-refractivity contribution in [2.75, 3.05) is 0 Å². The minimum absolute atomic E-state index is 0.342. The van der Waals surface area contributed by atoms with Gasteiger partial charge in [0.15, 0.2) is 0 Å². The van der Waals surface area contributed by atoms with E-state index in [4.69, 9.17) is 4.42 Å². The maximum absolute atomic E-state index is 6.15. The van der Waals surface area contributed by atoms with E-state index in [1.165, 1.54) is 27.6 Å². The molecule has 2 heteroatoms. The highest BCUT2D eigenvalue weighted by atomic mass is 16.3. The van der Waals surface area contributed by atoms with Crippen LogP contribution in [0.4, 0.5) is 0 Å². The highest BCUT2D eigenvalue weighted by molar-refractivity contribution is 5.59. The van der Waals surface area contributed by atoms with Crippen LogP contribution in [0.3, 0.4) is 0 Å². The largest absolute Gasteiger partial charge is 0.461 e. The van der Waals surface area contributed by atoms with Gasteiger partial charge in [0, 0.05) is 28.8 Å². The zero-order valence-electron chi connectivity index (χ0n) is 16.9. The van der Waals surface area contributed by atoms with Crippen molar-refractivity contribution in [1.82, 2.24) is 5.32 Å². The normalized spacial score (nSPS) is 25.6. The second-order valence-corrected chi connectivity index (χ2v) is 8.61. The van der Waals surface area contributed by atoms with Gasteiger partial charge in [-0.15, -0.1) is 0 Å². The predicted molar refractivity (Wildman–Crippen MR) is 117 cm³/mol. The van der Waals surface area contributed by atoms with E-state index in [0.29, 0.717) is 17.9 Å². The number of allylic oxidation sites excluding steroid dienone is 7. The predicted octanol–water partition coefficient (Wildman–Crippen LogP) is 4.53. The van der Waals surface area contributed by atoms with E-state index in [1.807, 2.05) is 0 Å². The third-order valence-corrected chi connectivity index (χ3v) is 6.44. The molecule has 4 aliphatic rings. The Morgan fingerprint density at radius 1 is 1.07 bits per heavy atom. The average molecular weight is 372 g/mol. The first-order valence-electron chi connectivity index (χ1n) is 10.8. The third kappa shape index (κ3) is 3.05. The average Bonchev–Trinajstić information content (AvgIpc) is 3.12. The Bertz CT molecular complexity index is 1050. The Hall–Kier alpha value is -2.48. The highest BCUT2D eigenvalue weighted by Gasteiger charge is 2.30. The Morgan fingerprint density at radius 2 is 1.96 bits per heavy atom. The Morgan fingerprint density at radius 3 is 2.79 bits per heavy atom. The topological polar surface area (TPSA) is 25.2 Å². The summed E-state index contributed by atoms with van der Waals surface area (Å²) < 4.78 is 6.15. The molecule has 0 radical (unpaired) electrons. The Kier molecular flexibility index (Phi) is 4.50. The molecular formula is C26H29NO. The fraction of sp³-hybridized carbons (Fsp3) is 0.385. The van der Waals surface area contributed by atoms with Crippen LogP contribution in [0, 0.1) is 11.8 Å². The first-order chi connectivity index (χ1) is 13.7. The molecule has 0 saturated carbocycles. The summed E-state index contributed by atoms with van der Waals surface area (Å²) in [4.78, 5) is 0. The summed E-state index contributed by atoms with van der Waals surface area (Å²) in [5, 5.41) is 5.23. The maximum Gasteiger partial charge on any atom is 0.130 e. The summed E-state index contributed by atoms with van der Waals surface area (Å²) in [6.45, 7) is 4.62. The van der Waals surface area contributed by atoms with Crippen molar-refractivity contribution in [2.24, 2.45) is 11.8 Å². The quantitative estimate of drug-likeness (QED) is 0.844. The molecule has 5 rings (SSSR count). The highest BCUT2D eigenvalue weighted by Crippen LogP contribution is 2.32. The number of rotatable bonds is 3. The fourth-order valence-corrected chi connectivity index (χ4v) is 4.91. The summed E-state index contributed by atoms with van der Waals surface area (Å²) in [5.74, 6) is 2.14. The molecule has 0 bridgehead atoms. The van der Waals surface area contributed by atoms with E-state index >= 15 is 0 Å². The molecule has 0 aromatic carbocycles. The molecule has 1 aliphatic heterocycles. The molecule has 2 heterocycles. The number of aryl methyl sites for hydroxylation is 1. The second kappa shape index (κ2) is 7.16. The van der Waals surface area contributed by atoms with Crippen molar-refractivity contribution in [3.05, 3.63) is 75.3 Å². The number of dihydropyridines is 1. The van der Waals surface area contributed by atoms with Gasteiger partial charge in [-0.05, 0) is 54.9 Å². The fourth-order valence-electron chi connectivity index (χ4n) is 4.91. The van der Waals surface area contributed by atoms with E-state index < -0.39 is 0 Å². The van der Waals surface area contributed by atoms with Gasteiger partial charge in [-0.3, -0.25) is 0 Å². The summed E-state index contributed by atoms with van der Waals surface area (Å²) >= 11 is 0. The van der Waals surface area contributed by atoms with Gasteiger partial charge in [0.2, 0.25) is 0 Å². The maximum atomic E-state index is 6.15. The molecule has 0 amide bonds. The summed E-state index contributed by atoms with van der Waals surface area (Å²) in [6.07, 6.45) is 26.1. The number of fused-ring (bicyclic) bond motifs is 3. The van der Waals surface area contributed by atoms with Gasteiger partial charge in [-0.1, -0.05) is 56.4 Å². The van der Waals surface area contributed by atoms with E-state index in [0.717, 1.165) is 43.3 Å². The number of furan rings is 1. The number of hydrogen-bond donors (Lipinski definition) is 1. The molecule has 0 fully saturated rings. The second-order valence-electron chi connectivity index (χ2n) is 8.61. The van der Waals surface area contributed by atoms with Crippen molar-refractivity contribution in [3.63, 3.8) is 0 Å². The van der Waals surface area contributed by atoms with Crippen LogP contribution in [0.15, 0.2) is 57.7 Å². The van der Waals surface area contributed by atoms with Crippen LogP contribution in [0.5, 0.6) is 0 Å². The molecule has 2 nitrogen and oxygen atoms in total. The van der Waals surface area contributed by atoms with E-state index in [2.05, 4.69) is 73.8 Å². The van der Waals surface area contributed by atoms with Crippen LogP contribution >= 0.6 is 0 Å². The van der Waals surface area contributed by atoms with Crippen molar-refractivity contribution < 1.29 is 4.42 Å². The van der Waals surface area contributed by atoms with Gasteiger partial charge < -0.3 is 9.73 Å². The molecule has 28 heavy (non-hydrogen) atoms. The molecule has 1 N–H and O–H groups in total. The molecule has 2 unspecified atom stereocenters. The van der Waals surface area contributed by atoms with Gasteiger partial charge in [0.05, 0.1) is 6.04 Å². The molecule has 1 aromatic heterocycles. The molecule has 3 aliphatic carbocycles. The van der Waals surface area contributed by atoms with E-state index in [9.17, 15) is 0 Å². The number of hydrogen-bond acceptors (Lipinski definition) is 2. The van der Waals surface area contributed by atoms with Crippen LogP contribution in [0.2, 0.25) is 0 Å². The van der Waals surface area contributed by atoms with Gasteiger partial charge >= 0.3 is 0 Å². The molecule has 0 saturated heterocycles. The SMILES string of the molecule is CC(C)C1=CC=C(C2=CC=CCC2)NC1C1C=c2c3c(oc2=CC1)CCC=C3. The zero-order chi connectivity index (χ0) is 19.1. The Labute approximate surface area is 167 Å². The van der Waals surface area contributed by atoms with E-state index in [-0.39, 0.29) is 0 Å². The first kappa shape index (κ1) is 17.6. The van der Waals surface area contributed by atoms with Gasteiger partial charge in [0.25, 0.3) is 0 Å². The monoisotopic (exact) mass is 371 g/mol. The van der Waals surface area contributed by atoms with Gasteiger partial charge in [-0.25, -0.2) is 0 Å². The van der Waals surface area contributed by atoms with Crippen molar-refractivity contribution >= 4 is 18.2 Å². The van der Waals surface area contributed by atoms with Gasteiger partial charge in [0.1, 0.15) is 11.2 Å². The number of nitrogens with one attached hydrogen (secondary N) is 1. The lowest BCUT2D eigenvalue weighted by atomic mass is 9.80. The van der Waals surface area contributed by atoms with Crippen LogP contribution < -0.4 is 16.0 Å². The summed E-state index contributed by atoms with van der Waals surface area (Å²) in [6, 6.07) is 0.342. The Balaban J connectivity index is 1.51. The lowest BCUT2D eigenvalue weighted by Crippen LogP contribution is -2.42. The van der Waals surface area contributed by atoms with Crippen LogP contribution in [0.25, 0.3) is 18.2 Å². The molecule has 1 aromatic rings. The molecule has 0 spiro atoms. The molecule has 144 valence electrons. The first-order valence-corrected chi connectivity index (χ1v) is 10.8. The minimum atomic E-state index is 0.342. The lowest BCUT2D eigenvalue weighted by molar-refractivity contribution is 0.456. The van der Waals surface area contributed by atoms with Crippen LogP contribution in [-0.2, 0) is 6.42 Å². The summed E-state index contributed by atoms with van der Waals surface area (Å²) in [5.41, 5.74) is 6.61. The smallest absolute Gasteiger partial charge is 0.130 e. The zero-order valence-corrected chi connectivity index (χ0v) is 16.9. The van der Waals surface area contributed by atoms with Crippen LogP contribution in [-0.4, -0.2) is 6.04 Å². The van der Waals surface area contributed by atoms with Crippen molar-refractivity contribution in [2.45, 2.75) is 52.0 Å². The van der Waals surface area contributed by atoms with Crippen molar-refractivity contribution in [3.8, 4) is 0 Å². The van der Waals surface area contributed by atoms with E-state index in [1.54, 1.807) is 0 Å². The molecular weight excluding hydrogens is 342 g/mol. The van der Waals surface area contributed by atoms with Crippen molar-refractivity contribution in [1.29, 1.82) is 0 Å². The lowest BCUT2D eigenvalue weighted by Gasteiger charge is -2.35. The van der Waals surface area contributed by atoms with Gasteiger partial charge in [-0.2, -0.15) is 0 Å². The molecule has 2 atom stereocenters. The standard InChI is InChI=1S/C26H29NO/c1-17(2)20-13-14-23(18-8-4-3-5-9-18)27-26(20)19-12-15-25-22(16-19)21-10-6-7-11-24(21)28-25/h3-4,6,8,10,13-17,19,26-27H,5,7,9,11-12H2,1-2H3. The summed E-state index contributed by atoms with van der Waals surface area (Å²) in [7, 11) is 0. The van der Waals surface area contributed by atoms with Crippen LogP contribution in [0.1, 0.15) is 50.9 Å². The third-order valence-electron chi connectivity index (χ3n) is 6.44. The minimum Gasteiger partial charge on any atom is -0.461 e.